The Hall–Kier alpha value is -1.74. The predicted molar refractivity (Wildman–Crippen MR) is 80.5 cm³/mol. The zero-order chi connectivity index (χ0) is 16.4. The van der Waals surface area contributed by atoms with E-state index in [1.54, 1.807) is 4.90 Å². The third-order valence-corrected chi connectivity index (χ3v) is 4.33. The Balaban J connectivity index is 1.74. The van der Waals surface area contributed by atoms with Crippen molar-refractivity contribution in [1.82, 2.24) is 24.7 Å². The molecule has 5 nitrogen and oxygen atoms in total. The van der Waals surface area contributed by atoms with Crippen LogP contribution in [0, 0.1) is 10.7 Å². The Morgan fingerprint density at radius 3 is 2.61 bits per heavy atom. The van der Waals surface area contributed by atoms with Gasteiger partial charge >= 0.3 is 6.18 Å². The average molecular weight is 343 g/mol. The Kier molecular flexibility index (Phi) is 4.49. The van der Waals surface area contributed by atoms with Gasteiger partial charge in [-0.25, -0.2) is 4.68 Å². The minimum absolute atomic E-state index is 0.0243. The third-order valence-electron chi connectivity index (χ3n) is 3.94. The van der Waals surface area contributed by atoms with E-state index in [0.717, 1.165) is 5.69 Å². The summed E-state index contributed by atoms with van der Waals surface area (Å²) in [6.07, 6.45) is -3.45. The molecule has 1 aromatic carbocycles. The molecule has 0 radical (unpaired) electrons. The largest absolute Gasteiger partial charge is 0.393 e. The van der Waals surface area contributed by atoms with E-state index >= 15 is 0 Å². The number of para-hydroxylation sites is 1. The number of aromatic nitrogens is 4. The summed E-state index contributed by atoms with van der Waals surface area (Å²) in [5, 5.41) is 7.97. The second-order valence-corrected chi connectivity index (χ2v) is 5.97. The van der Waals surface area contributed by atoms with Crippen LogP contribution in [0.25, 0.3) is 5.69 Å². The quantitative estimate of drug-likeness (QED) is 0.803. The molecule has 3 rings (SSSR count). The van der Waals surface area contributed by atoms with Crippen LogP contribution < -0.4 is 0 Å². The van der Waals surface area contributed by atoms with Gasteiger partial charge < -0.3 is 0 Å². The minimum atomic E-state index is -4.15. The summed E-state index contributed by atoms with van der Waals surface area (Å²) in [6.45, 7) is 0.800. The van der Waals surface area contributed by atoms with Crippen LogP contribution in [-0.2, 0) is 6.67 Å². The maximum Gasteiger partial charge on any atom is 0.393 e. The van der Waals surface area contributed by atoms with Gasteiger partial charge in [0.25, 0.3) is 0 Å². The fraction of sp³-hybridized carbons (Fsp3) is 0.500. The van der Waals surface area contributed by atoms with E-state index in [-0.39, 0.29) is 19.6 Å². The smallest absolute Gasteiger partial charge is 0.284 e. The summed E-state index contributed by atoms with van der Waals surface area (Å²) in [5.74, 6) is -1.28. The normalized spacial score (nSPS) is 19.9. The Morgan fingerprint density at radius 2 is 1.91 bits per heavy atom. The van der Waals surface area contributed by atoms with E-state index in [9.17, 15) is 13.2 Å². The molecular formula is C14H16F3N5S. The zero-order valence-electron chi connectivity index (χ0n) is 12.3. The maximum atomic E-state index is 12.9. The van der Waals surface area contributed by atoms with Gasteiger partial charge in [-0.3, -0.25) is 4.90 Å². The number of likely N-dealkylation sites (tertiary alicyclic amines) is 1. The van der Waals surface area contributed by atoms with Gasteiger partial charge in [0.1, 0.15) is 0 Å². The number of alkyl halides is 3. The minimum Gasteiger partial charge on any atom is -0.284 e. The molecule has 1 aromatic heterocycles. The summed E-state index contributed by atoms with van der Waals surface area (Å²) < 4.78 is 41.9. The first-order valence-corrected chi connectivity index (χ1v) is 7.73. The molecule has 2 aromatic rings. The summed E-state index contributed by atoms with van der Waals surface area (Å²) in [4.78, 5) is 1.72. The number of halogens is 3. The molecule has 1 aliphatic rings. The number of rotatable bonds is 3. The van der Waals surface area contributed by atoms with Gasteiger partial charge in [-0.1, -0.05) is 18.2 Å². The van der Waals surface area contributed by atoms with Crippen molar-refractivity contribution in [3.05, 3.63) is 35.1 Å². The second kappa shape index (κ2) is 6.40. The van der Waals surface area contributed by atoms with Crippen LogP contribution in [-0.4, -0.2) is 44.0 Å². The van der Waals surface area contributed by atoms with Crippen LogP contribution in [0.15, 0.2) is 30.3 Å². The van der Waals surface area contributed by atoms with E-state index in [4.69, 9.17) is 12.2 Å². The van der Waals surface area contributed by atoms with Crippen LogP contribution in [0.2, 0.25) is 0 Å². The molecule has 9 heteroatoms. The Bertz CT molecular complexity index is 709. The van der Waals surface area contributed by atoms with Crippen molar-refractivity contribution >= 4 is 12.2 Å². The van der Waals surface area contributed by atoms with Gasteiger partial charge in [-0.2, -0.15) is 17.9 Å². The van der Waals surface area contributed by atoms with Crippen LogP contribution in [0.3, 0.4) is 0 Å². The number of tetrazole rings is 1. The molecule has 124 valence electrons. The lowest BCUT2D eigenvalue weighted by molar-refractivity contribution is -0.188. The van der Waals surface area contributed by atoms with Crippen LogP contribution in [0.5, 0.6) is 0 Å². The number of hydrogen-bond donors (Lipinski definition) is 0. The zero-order valence-corrected chi connectivity index (χ0v) is 13.1. The number of piperidine rings is 1. The fourth-order valence-electron chi connectivity index (χ4n) is 2.73. The van der Waals surface area contributed by atoms with E-state index in [2.05, 4.69) is 10.4 Å². The van der Waals surface area contributed by atoms with E-state index < -0.39 is 12.1 Å². The number of benzene rings is 1. The van der Waals surface area contributed by atoms with Crippen LogP contribution >= 0.6 is 12.2 Å². The second-order valence-electron chi connectivity index (χ2n) is 5.61. The first-order valence-electron chi connectivity index (χ1n) is 7.32. The van der Waals surface area contributed by atoms with Gasteiger partial charge in [0.15, 0.2) is 0 Å². The summed E-state index contributed by atoms with van der Waals surface area (Å²) in [6, 6.07) is 9.27. The van der Waals surface area contributed by atoms with Crippen molar-refractivity contribution in [3.63, 3.8) is 0 Å². The van der Waals surface area contributed by atoms with E-state index in [1.165, 1.54) is 9.36 Å². The van der Waals surface area contributed by atoms with Crippen molar-refractivity contribution in [3.8, 4) is 5.69 Å². The van der Waals surface area contributed by atoms with Crippen LogP contribution in [0.4, 0.5) is 13.2 Å². The maximum absolute atomic E-state index is 12.9. The van der Waals surface area contributed by atoms with Crippen molar-refractivity contribution in [1.29, 1.82) is 0 Å². The molecule has 1 atom stereocenters. The van der Waals surface area contributed by atoms with Gasteiger partial charge in [-0.15, -0.1) is 0 Å². The van der Waals surface area contributed by atoms with Gasteiger partial charge in [0.2, 0.25) is 4.77 Å². The van der Waals surface area contributed by atoms with Crippen molar-refractivity contribution in [2.75, 3.05) is 13.1 Å². The van der Waals surface area contributed by atoms with Crippen LogP contribution in [0.1, 0.15) is 12.8 Å². The standard InChI is InChI=1S/C14H16F3N5S/c15-14(16,17)11-5-4-8-20(9-11)10-21-13(23)22(19-18-21)12-6-2-1-3-7-12/h1-3,6-7,11H,4-5,8-10H2/t11-/m1/s1. The molecule has 0 aliphatic carbocycles. The third kappa shape index (κ3) is 3.61. The molecule has 1 fully saturated rings. The van der Waals surface area contributed by atoms with Crippen molar-refractivity contribution in [2.24, 2.45) is 5.92 Å². The molecule has 2 heterocycles. The number of hydrogen-bond acceptors (Lipinski definition) is 4. The highest BCUT2D eigenvalue weighted by atomic mass is 32.1. The molecule has 0 amide bonds. The molecule has 0 N–H and O–H groups in total. The molecule has 1 saturated heterocycles. The lowest BCUT2D eigenvalue weighted by atomic mass is 9.98. The highest BCUT2D eigenvalue weighted by Crippen LogP contribution is 2.33. The highest BCUT2D eigenvalue weighted by Gasteiger charge is 2.41. The lowest BCUT2D eigenvalue weighted by Gasteiger charge is -2.33. The van der Waals surface area contributed by atoms with Gasteiger partial charge in [0.05, 0.1) is 18.3 Å². The Morgan fingerprint density at radius 1 is 1.17 bits per heavy atom. The lowest BCUT2D eigenvalue weighted by Crippen LogP contribution is -2.42. The van der Waals surface area contributed by atoms with Crippen molar-refractivity contribution < 1.29 is 13.2 Å². The van der Waals surface area contributed by atoms with E-state index in [1.807, 2.05) is 30.3 Å². The molecule has 0 spiro atoms. The SMILES string of the molecule is FC(F)(F)[C@@H]1CCCN(Cn2nnn(-c3ccccc3)c2=S)C1. The molecule has 0 saturated carbocycles. The molecule has 0 unspecified atom stereocenters. The fourth-order valence-corrected chi connectivity index (χ4v) is 2.97. The predicted octanol–water partition coefficient (Wildman–Crippen LogP) is 3.03. The Labute approximate surface area is 136 Å². The average Bonchev–Trinajstić information content (AvgIpc) is 2.89. The highest BCUT2D eigenvalue weighted by molar-refractivity contribution is 7.71. The van der Waals surface area contributed by atoms with E-state index in [0.29, 0.717) is 17.7 Å². The van der Waals surface area contributed by atoms with Crippen molar-refractivity contribution in [2.45, 2.75) is 25.7 Å². The summed E-state index contributed by atoms with van der Waals surface area (Å²) in [7, 11) is 0. The molecule has 23 heavy (non-hydrogen) atoms. The monoisotopic (exact) mass is 343 g/mol. The summed E-state index contributed by atoms with van der Waals surface area (Å²) in [5.41, 5.74) is 0.774. The first kappa shape index (κ1) is 16.1. The topological polar surface area (TPSA) is 38.9 Å². The molecule has 1 aliphatic heterocycles. The van der Waals surface area contributed by atoms with Gasteiger partial charge in [0, 0.05) is 6.54 Å². The first-order chi connectivity index (χ1) is 10.9. The number of nitrogens with zero attached hydrogens (tertiary/aromatic N) is 5. The molecule has 0 bridgehead atoms. The summed E-state index contributed by atoms with van der Waals surface area (Å²) >= 11 is 5.33. The molecular weight excluding hydrogens is 327 g/mol. The van der Waals surface area contributed by atoms with Gasteiger partial charge in [-0.05, 0) is 54.2 Å².